The van der Waals surface area contributed by atoms with Gasteiger partial charge in [0.2, 0.25) is 5.91 Å². The molecule has 1 saturated carbocycles. The number of fused-ring (bicyclic) bond motifs is 1. The molecule has 1 amide bonds. The van der Waals surface area contributed by atoms with Crippen molar-refractivity contribution in [2.24, 2.45) is 5.73 Å². The molecule has 0 spiro atoms. The predicted octanol–water partition coefficient (Wildman–Crippen LogP) is 2.26. The van der Waals surface area contributed by atoms with E-state index in [0.29, 0.717) is 6.54 Å². The highest BCUT2D eigenvalue weighted by atomic mass is 16.2. The summed E-state index contributed by atoms with van der Waals surface area (Å²) in [4.78, 5) is 11.8. The standard InChI is InChI=1S/C16H18N2O/c1-11-2-4-14-9-12(3-5-13(14)8-11)10-18-15(19)16(17)6-7-16/h2-5,8-9H,6-7,10,17H2,1H3,(H,18,19). The first kappa shape index (κ1) is 12.2. The number of carbonyl (C=O) groups excluding carboxylic acids is 1. The number of carbonyl (C=O) groups is 1. The summed E-state index contributed by atoms with van der Waals surface area (Å²) >= 11 is 0. The van der Waals surface area contributed by atoms with Gasteiger partial charge in [0.15, 0.2) is 0 Å². The third kappa shape index (κ3) is 2.47. The van der Waals surface area contributed by atoms with Gasteiger partial charge in [-0.25, -0.2) is 0 Å². The van der Waals surface area contributed by atoms with Crippen molar-refractivity contribution in [1.82, 2.24) is 5.32 Å². The van der Waals surface area contributed by atoms with Crippen LogP contribution in [0.2, 0.25) is 0 Å². The molecular formula is C16H18N2O. The summed E-state index contributed by atoms with van der Waals surface area (Å²) in [6, 6.07) is 12.6. The van der Waals surface area contributed by atoms with Crippen molar-refractivity contribution in [3.8, 4) is 0 Å². The molecule has 1 aliphatic rings. The Kier molecular flexibility index (Phi) is 2.79. The van der Waals surface area contributed by atoms with E-state index in [1.165, 1.54) is 16.3 Å². The molecule has 3 heteroatoms. The molecular weight excluding hydrogens is 236 g/mol. The van der Waals surface area contributed by atoms with E-state index < -0.39 is 5.54 Å². The van der Waals surface area contributed by atoms with E-state index in [-0.39, 0.29) is 5.91 Å². The summed E-state index contributed by atoms with van der Waals surface area (Å²) in [7, 11) is 0. The Hall–Kier alpha value is -1.87. The fraction of sp³-hybridized carbons (Fsp3) is 0.312. The first-order valence-corrected chi connectivity index (χ1v) is 6.63. The highest BCUT2D eigenvalue weighted by Gasteiger charge is 2.45. The van der Waals surface area contributed by atoms with Crippen LogP contribution in [0.1, 0.15) is 24.0 Å². The quantitative estimate of drug-likeness (QED) is 0.882. The van der Waals surface area contributed by atoms with Gasteiger partial charge in [-0.2, -0.15) is 0 Å². The molecule has 19 heavy (non-hydrogen) atoms. The first-order chi connectivity index (χ1) is 9.07. The molecule has 0 aliphatic heterocycles. The molecule has 3 rings (SSSR count). The molecule has 0 bridgehead atoms. The third-order valence-corrected chi connectivity index (χ3v) is 3.75. The Morgan fingerprint density at radius 1 is 1.21 bits per heavy atom. The Balaban J connectivity index is 1.74. The van der Waals surface area contributed by atoms with Gasteiger partial charge in [-0.05, 0) is 42.2 Å². The van der Waals surface area contributed by atoms with Crippen LogP contribution in [0.3, 0.4) is 0 Å². The van der Waals surface area contributed by atoms with Crippen LogP contribution in [0, 0.1) is 6.92 Å². The lowest BCUT2D eigenvalue weighted by Crippen LogP contribution is -2.42. The van der Waals surface area contributed by atoms with Crippen LogP contribution < -0.4 is 11.1 Å². The van der Waals surface area contributed by atoms with Gasteiger partial charge >= 0.3 is 0 Å². The SMILES string of the molecule is Cc1ccc2cc(CNC(=O)C3(N)CC3)ccc2c1. The molecule has 2 aromatic rings. The molecule has 3 nitrogen and oxygen atoms in total. The van der Waals surface area contributed by atoms with Gasteiger partial charge in [0.25, 0.3) is 0 Å². The molecule has 0 saturated heterocycles. The number of amides is 1. The summed E-state index contributed by atoms with van der Waals surface area (Å²) in [5.41, 5.74) is 7.62. The summed E-state index contributed by atoms with van der Waals surface area (Å²) in [5, 5.41) is 5.34. The van der Waals surface area contributed by atoms with Crippen molar-refractivity contribution in [1.29, 1.82) is 0 Å². The van der Waals surface area contributed by atoms with Crippen LogP contribution in [0.5, 0.6) is 0 Å². The van der Waals surface area contributed by atoms with E-state index in [4.69, 9.17) is 5.73 Å². The zero-order valence-corrected chi connectivity index (χ0v) is 11.1. The summed E-state index contributed by atoms with van der Waals surface area (Å²) in [5.74, 6) is -0.0310. The lowest BCUT2D eigenvalue weighted by Gasteiger charge is -2.10. The van der Waals surface area contributed by atoms with Gasteiger partial charge in [0.05, 0.1) is 5.54 Å². The number of nitrogens with one attached hydrogen (secondary N) is 1. The Morgan fingerprint density at radius 3 is 2.63 bits per heavy atom. The molecule has 98 valence electrons. The fourth-order valence-electron chi connectivity index (χ4n) is 2.24. The Morgan fingerprint density at radius 2 is 1.89 bits per heavy atom. The van der Waals surface area contributed by atoms with Crippen LogP contribution in [0.4, 0.5) is 0 Å². The summed E-state index contributed by atoms with van der Waals surface area (Å²) in [6.45, 7) is 2.63. The number of aryl methyl sites for hydroxylation is 1. The van der Waals surface area contributed by atoms with Gasteiger partial charge in [-0.15, -0.1) is 0 Å². The molecule has 0 unspecified atom stereocenters. The second-order valence-electron chi connectivity index (χ2n) is 5.52. The Labute approximate surface area is 112 Å². The summed E-state index contributed by atoms with van der Waals surface area (Å²) in [6.07, 6.45) is 1.60. The highest BCUT2D eigenvalue weighted by molar-refractivity contribution is 5.89. The first-order valence-electron chi connectivity index (χ1n) is 6.63. The van der Waals surface area contributed by atoms with E-state index in [1.54, 1.807) is 0 Å². The molecule has 1 fully saturated rings. The van der Waals surface area contributed by atoms with Crippen molar-refractivity contribution in [2.45, 2.75) is 31.8 Å². The van der Waals surface area contributed by atoms with Crippen molar-refractivity contribution in [2.75, 3.05) is 0 Å². The van der Waals surface area contributed by atoms with Crippen molar-refractivity contribution in [3.05, 3.63) is 47.5 Å². The van der Waals surface area contributed by atoms with E-state index in [2.05, 4.69) is 48.6 Å². The van der Waals surface area contributed by atoms with Crippen molar-refractivity contribution >= 4 is 16.7 Å². The summed E-state index contributed by atoms with van der Waals surface area (Å²) < 4.78 is 0. The van der Waals surface area contributed by atoms with Gasteiger partial charge in [0, 0.05) is 6.54 Å². The zero-order chi connectivity index (χ0) is 13.5. The number of nitrogens with two attached hydrogens (primary N) is 1. The lowest BCUT2D eigenvalue weighted by atomic mass is 10.0. The zero-order valence-electron chi connectivity index (χ0n) is 11.1. The lowest BCUT2D eigenvalue weighted by molar-refractivity contribution is -0.123. The largest absolute Gasteiger partial charge is 0.350 e. The second-order valence-corrected chi connectivity index (χ2v) is 5.52. The molecule has 0 radical (unpaired) electrons. The van der Waals surface area contributed by atoms with Crippen LogP contribution in [0.15, 0.2) is 36.4 Å². The smallest absolute Gasteiger partial charge is 0.240 e. The van der Waals surface area contributed by atoms with E-state index in [1.807, 2.05) is 0 Å². The molecule has 0 atom stereocenters. The van der Waals surface area contributed by atoms with Gasteiger partial charge in [-0.1, -0.05) is 35.9 Å². The van der Waals surface area contributed by atoms with Gasteiger partial charge < -0.3 is 11.1 Å². The van der Waals surface area contributed by atoms with Crippen molar-refractivity contribution in [3.63, 3.8) is 0 Å². The van der Waals surface area contributed by atoms with Crippen LogP contribution in [-0.4, -0.2) is 11.4 Å². The maximum absolute atomic E-state index is 11.8. The Bertz CT molecular complexity index is 644. The van der Waals surface area contributed by atoms with Gasteiger partial charge in [0.1, 0.15) is 0 Å². The van der Waals surface area contributed by atoms with Crippen LogP contribution in [-0.2, 0) is 11.3 Å². The average Bonchev–Trinajstić information content (AvgIpc) is 3.15. The van der Waals surface area contributed by atoms with E-state index in [0.717, 1.165) is 18.4 Å². The van der Waals surface area contributed by atoms with Gasteiger partial charge in [-0.3, -0.25) is 4.79 Å². The molecule has 1 aliphatic carbocycles. The molecule has 0 heterocycles. The molecule has 0 aromatic heterocycles. The minimum atomic E-state index is -0.589. The minimum absolute atomic E-state index is 0.0310. The van der Waals surface area contributed by atoms with E-state index >= 15 is 0 Å². The number of benzene rings is 2. The van der Waals surface area contributed by atoms with Crippen LogP contribution >= 0.6 is 0 Å². The topological polar surface area (TPSA) is 55.1 Å². The predicted molar refractivity (Wildman–Crippen MR) is 76.7 cm³/mol. The normalized spacial score (nSPS) is 16.3. The van der Waals surface area contributed by atoms with Crippen LogP contribution in [0.25, 0.3) is 10.8 Å². The fourth-order valence-corrected chi connectivity index (χ4v) is 2.24. The van der Waals surface area contributed by atoms with E-state index in [9.17, 15) is 4.79 Å². The van der Waals surface area contributed by atoms with Crippen molar-refractivity contribution < 1.29 is 4.79 Å². The maximum Gasteiger partial charge on any atom is 0.240 e. The second kappa shape index (κ2) is 4.35. The number of hydrogen-bond donors (Lipinski definition) is 2. The number of hydrogen-bond acceptors (Lipinski definition) is 2. The third-order valence-electron chi connectivity index (χ3n) is 3.75. The average molecular weight is 254 g/mol. The molecule has 2 aromatic carbocycles. The highest BCUT2D eigenvalue weighted by Crippen LogP contribution is 2.32. The minimum Gasteiger partial charge on any atom is -0.350 e. The number of rotatable bonds is 3. The maximum atomic E-state index is 11.8. The molecule has 3 N–H and O–H groups in total. The monoisotopic (exact) mass is 254 g/mol.